The second-order valence-electron chi connectivity index (χ2n) is 4.16. The van der Waals surface area contributed by atoms with Crippen molar-refractivity contribution < 1.29 is 4.79 Å². The van der Waals surface area contributed by atoms with Crippen LogP contribution in [0.1, 0.15) is 18.1 Å². The van der Waals surface area contributed by atoms with E-state index in [4.69, 9.17) is 0 Å². The quantitative estimate of drug-likeness (QED) is 0.701. The Labute approximate surface area is 90.1 Å². The normalized spacial score (nSPS) is 19.9. The summed E-state index contributed by atoms with van der Waals surface area (Å²) >= 11 is 0. The summed E-state index contributed by atoms with van der Waals surface area (Å²) in [6.45, 7) is 6.06. The fourth-order valence-corrected chi connectivity index (χ4v) is 1.95. The van der Waals surface area contributed by atoms with E-state index in [1.807, 2.05) is 20.0 Å². The zero-order valence-corrected chi connectivity index (χ0v) is 9.59. The van der Waals surface area contributed by atoms with Gasteiger partial charge >= 0.3 is 0 Å². The van der Waals surface area contributed by atoms with E-state index in [0.717, 1.165) is 11.4 Å². The van der Waals surface area contributed by atoms with Crippen molar-refractivity contribution in [3.8, 4) is 0 Å². The lowest BCUT2D eigenvalue weighted by Gasteiger charge is -2.32. The van der Waals surface area contributed by atoms with Crippen molar-refractivity contribution in [2.75, 3.05) is 17.3 Å². The van der Waals surface area contributed by atoms with E-state index in [9.17, 15) is 4.79 Å². The topological polar surface area (TPSA) is 32.3 Å². The van der Waals surface area contributed by atoms with Gasteiger partial charge in [-0.05, 0) is 38.0 Å². The molecule has 0 aromatic heterocycles. The molecule has 1 atom stereocenters. The first kappa shape index (κ1) is 10.0. The maximum Gasteiger partial charge on any atom is 0.248 e. The molecule has 0 saturated heterocycles. The lowest BCUT2D eigenvalue weighted by atomic mass is 10.0. The van der Waals surface area contributed by atoms with Crippen LogP contribution in [0.3, 0.4) is 0 Å². The summed E-state index contributed by atoms with van der Waals surface area (Å²) < 4.78 is 0. The van der Waals surface area contributed by atoms with E-state index in [0.29, 0.717) is 0 Å². The molecule has 1 N–H and O–H groups in total. The Balaban J connectivity index is 2.60. The van der Waals surface area contributed by atoms with Crippen LogP contribution >= 0.6 is 0 Å². The van der Waals surface area contributed by atoms with Gasteiger partial charge in [0.2, 0.25) is 5.91 Å². The number of nitrogens with zero attached hydrogens (tertiary/aromatic N) is 1. The van der Waals surface area contributed by atoms with E-state index < -0.39 is 0 Å². The van der Waals surface area contributed by atoms with Gasteiger partial charge in [0.25, 0.3) is 0 Å². The molecule has 1 aliphatic heterocycles. The van der Waals surface area contributed by atoms with E-state index in [1.54, 1.807) is 4.90 Å². The number of amides is 1. The Bertz CT molecular complexity index is 426. The van der Waals surface area contributed by atoms with Crippen LogP contribution in [0.5, 0.6) is 0 Å². The second kappa shape index (κ2) is 3.26. The van der Waals surface area contributed by atoms with Crippen LogP contribution in [-0.2, 0) is 4.79 Å². The lowest BCUT2D eigenvalue weighted by molar-refractivity contribution is -0.118. The highest BCUT2D eigenvalue weighted by molar-refractivity contribution is 6.04. The van der Waals surface area contributed by atoms with Crippen molar-refractivity contribution in [1.29, 1.82) is 0 Å². The summed E-state index contributed by atoms with van der Waals surface area (Å²) in [4.78, 5) is 13.5. The van der Waals surface area contributed by atoms with Gasteiger partial charge in [-0.3, -0.25) is 4.79 Å². The number of likely N-dealkylation sites (N-methyl/N-ethyl adjacent to an activating group) is 1. The lowest BCUT2D eigenvalue weighted by Crippen LogP contribution is -2.43. The molecule has 1 aromatic carbocycles. The Morgan fingerprint density at radius 3 is 2.67 bits per heavy atom. The smallest absolute Gasteiger partial charge is 0.248 e. The first-order chi connectivity index (χ1) is 7.02. The van der Waals surface area contributed by atoms with E-state index in [1.165, 1.54) is 11.1 Å². The van der Waals surface area contributed by atoms with Crippen molar-refractivity contribution in [3.63, 3.8) is 0 Å². The van der Waals surface area contributed by atoms with Crippen LogP contribution in [0.2, 0.25) is 0 Å². The number of rotatable bonds is 0. The first-order valence-electron chi connectivity index (χ1n) is 5.16. The number of carbonyl (C=O) groups is 1. The largest absolute Gasteiger partial charge is 0.372 e. The average molecular weight is 204 g/mol. The molecule has 0 spiro atoms. The number of nitrogens with one attached hydrogen (secondary N) is 1. The highest BCUT2D eigenvalue weighted by atomic mass is 16.2. The molecule has 1 heterocycles. The summed E-state index contributed by atoms with van der Waals surface area (Å²) in [7, 11) is 1.83. The van der Waals surface area contributed by atoms with Gasteiger partial charge in [-0.2, -0.15) is 0 Å². The van der Waals surface area contributed by atoms with Crippen LogP contribution < -0.4 is 10.2 Å². The van der Waals surface area contributed by atoms with Gasteiger partial charge in [0, 0.05) is 7.05 Å². The fourth-order valence-electron chi connectivity index (χ4n) is 1.95. The van der Waals surface area contributed by atoms with E-state index in [2.05, 4.69) is 25.2 Å². The molecule has 80 valence electrons. The number of carbonyl (C=O) groups excluding carboxylic acids is 1. The predicted molar refractivity (Wildman–Crippen MR) is 62.4 cm³/mol. The van der Waals surface area contributed by atoms with Gasteiger partial charge in [-0.15, -0.1) is 0 Å². The monoisotopic (exact) mass is 204 g/mol. The zero-order valence-electron chi connectivity index (χ0n) is 9.59. The number of benzene rings is 1. The molecule has 0 fully saturated rings. The molecular formula is C12H16N2O. The van der Waals surface area contributed by atoms with Gasteiger partial charge < -0.3 is 10.2 Å². The molecule has 1 amide bonds. The van der Waals surface area contributed by atoms with Crippen LogP contribution in [0.4, 0.5) is 11.4 Å². The third-order valence-electron chi connectivity index (χ3n) is 3.14. The number of fused-ring (bicyclic) bond motifs is 1. The first-order valence-corrected chi connectivity index (χ1v) is 5.16. The van der Waals surface area contributed by atoms with Gasteiger partial charge in [0.05, 0.1) is 11.4 Å². The molecule has 1 aromatic rings. The summed E-state index contributed by atoms with van der Waals surface area (Å²) in [5, 5.41) is 3.26. The summed E-state index contributed by atoms with van der Waals surface area (Å²) in [5.74, 6) is 0.116. The van der Waals surface area contributed by atoms with E-state index in [-0.39, 0.29) is 11.9 Å². The SMILES string of the molecule is Cc1ccc2c(c1C)NC(C)C(=O)N2C. The van der Waals surface area contributed by atoms with Crippen molar-refractivity contribution in [1.82, 2.24) is 0 Å². The molecule has 1 unspecified atom stereocenters. The molecule has 0 bridgehead atoms. The minimum absolute atomic E-state index is 0.116. The van der Waals surface area contributed by atoms with Gasteiger partial charge in [0.1, 0.15) is 6.04 Å². The third kappa shape index (κ3) is 1.39. The van der Waals surface area contributed by atoms with Crippen LogP contribution in [0.15, 0.2) is 12.1 Å². The van der Waals surface area contributed by atoms with Crippen molar-refractivity contribution in [2.45, 2.75) is 26.8 Å². The second-order valence-corrected chi connectivity index (χ2v) is 4.16. The highest BCUT2D eigenvalue weighted by Crippen LogP contribution is 2.34. The molecule has 3 nitrogen and oxygen atoms in total. The molecule has 0 aliphatic carbocycles. The minimum atomic E-state index is -0.136. The van der Waals surface area contributed by atoms with Gasteiger partial charge in [-0.25, -0.2) is 0 Å². The number of hydrogen-bond acceptors (Lipinski definition) is 2. The number of anilines is 2. The summed E-state index contributed by atoms with van der Waals surface area (Å²) in [5.41, 5.74) is 4.53. The average Bonchev–Trinajstić information content (AvgIpc) is 2.21. The van der Waals surface area contributed by atoms with Gasteiger partial charge in [-0.1, -0.05) is 6.07 Å². The predicted octanol–water partition coefficient (Wildman–Crippen LogP) is 2.08. The molecule has 15 heavy (non-hydrogen) atoms. The fraction of sp³-hybridized carbons (Fsp3) is 0.417. The van der Waals surface area contributed by atoms with E-state index >= 15 is 0 Å². The molecule has 2 rings (SSSR count). The zero-order chi connectivity index (χ0) is 11.2. The summed E-state index contributed by atoms with van der Waals surface area (Å²) in [6.07, 6.45) is 0. The van der Waals surface area contributed by atoms with Crippen LogP contribution in [0.25, 0.3) is 0 Å². The summed E-state index contributed by atoms with van der Waals surface area (Å²) in [6, 6.07) is 3.91. The standard InChI is InChI=1S/C12H16N2O/c1-7-5-6-10-11(8(7)2)13-9(3)12(15)14(10)4/h5-6,9,13H,1-4H3. The Morgan fingerprint density at radius 2 is 2.00 bits per heavy atom. The molecule has 1 aliphatic rings. The van der Waals surface area contributed by atoms with Crippen molar-refractivity contribution >= 4 is 17.3 Å². The highest BCUT2D eigenvalue weighted by Gasteiger charge is 2.27. The number of aryl methyl sites for hydroxylation is 1. The van der Waals surface area contributed by atoms with Crippen LogP contribution in [0, 0.1) is 13.8 Å². The molecule has 3 heteroatoms. The number of hydrogen-bond donors (Lipinski definition) is 1. The Morgan fingerprint density at radius 1 is 1.33 bits per heavy atom. The Hall–Kier alpha value is -1.51. The van der Waals surface area contributed by atoms with Gasteiger partial charge in [0.15, 0.2) is 0 Å². The molecule has 0 radical (unpaired) electrons. The third-order valence-corrected chi connectivity index (χ3v) is 3.14. The molecular weight excluding hydrogens is 188 g/mol. The maximum absolute atomic E-state index is 11.7. The van der Waals surface area contributed by atoms with Crippen LogP contribution in [-0.4, -0.2) is 19.0 Å². The maximum atomic E-state index is 11.7. The molecule has 0 saturated carbocycles. The minimum Gasteiger partial charge on any atom is -0.372 e. The van der Waals surface area contributed by atoms with Crippen molar-refractivity contribution in [2.24, 2.45) is 0 Å². The Kier molecular flexibility index (Phi) is 2.18. The van der Waals surface area contributed by atoms with Crippen molar-refractivity contribution in [3.05, 3.63) is 23.3 Å².